The number of fused-ring (bicyclic) bond motifs is 3. The number of aromatic amines is 1. The van der Waals surface area contributed by atoms with E-state index in [1.54, 1.807) is 0 Å². The number of thiophene rings is 1. The molecule has 1 aliphatic rings. The molecule has 3 aromatic rings. The molecule has 0 bridgehead atoms. The maximum atomic E-state index is 13.1. The minimum atomic E-state index is -0.527. The highest BCUT2D eigenvalue weighted by molar-refractivity contribution is 7.14. The average molecular weight is 502 g/mol. The van der Waals surface area contributed by atoms with Crippen LogP contribution >= 0.6 is 22.9 Å². The second-order valence-corrected chi connectivity index (χ2v) is 12.3. The molecule has 7 heteroatoms. The van der Waals surface area contributed by atoms with Crippen LogP contribution in [0.5, 0.6) is 0 Å². The number of carbonyl (C=O) groups is 1. The van der Waals surface area contributed by atoms with E-state index in [0.717, 1.165) is 16.5 Å². The Labute approximate surface area is 211 Å². The van der Waals surface area contributed by atoms with E-state index < -0.39 is 11.1 Å². The molecule has 5 nitrogen and oxygen atoms in total. The van der Waals surface area contributed by atoms with Gasteiger partial charge in [0.1, 0.15) is 23.9 Å². The molecule has 2 aromatic heterocycles. The first-order valence-electron chi connectivity index (χ1n) is 11.9. The molecular formula is C27H36ClN3O2S+2. The van der Waals surface area contributed by atoms with Crippen molar-refractivity contribution in [3.63, 3.8) is 0 Å². The Hall–Kier alpha value is -2.15. The fourth-order valence-corrected chi connectivity index (χ4v) is 6.70. The maximum absolute atomic E-state index is 13.1. The topological polar surface area (TPSA) is 62.6 Å². The monoisotopic (exact) mass is 501 g/mol. The number of quaternary nitrogens is 1. The molecule has 0 radical (unpaired) electrons. The number of carbonyl (C=O) groups excluding carboxylic acids is 1. The first kappa shape index (κ1) is 25.0. The van der Waals surface area contributed by atoms with E-state index in [1.807, 2.05) is 50.4 Å². The van der Waals surface area contributed by atoms with Crippen LogP contribution in [-0.4, -0.2) is 16.6 Å². The maximum Gasteiger partial charge on any atom is 0.320 e. The van der Waals surface area contributed by atoms with Gasteiger partial charge in [0.2, 0.25) is 0 Å². The lowest BCUT2D eigenvalue weighted by atomic mass is 9.73. The number of aromatic nitrogens is 2. The number of nitrogens with two attached hydrogens (primary N) is 1. The molecule has 3 heterocycles. The smallest absolute Gasteiger partial charge is 0.320 e. The molecule has 0 aliphatic carbocycles. The van der Waals surface area contributed by atoms with Gasteiger partial charge >= 0.3 is 11.8 Å². The summed E-state index contributed by atoms with van der Waals surface area (Å²) in [6.45, 7) is 16.8. The molecule has 0 fully saturated rings. The summed E-state index contributed by atoms with van der Waals surface area (Å²) in [5, 5.41) is 4.32. The highest BCUT2D eigenvalue weighted by atomic mass is 35.5. The molecule has 0 saturated heterocycles. The number of benzene rings is 1. The van der Waals surface area contributed by atoms with Crippen molar-refractivity contribution in [1.29, 1.82) is 0 Å². The zero-order chi connectivity index (χ0) is 25.0. The summed E-state index contributed by atoms with van der Waals surface area (Å²) < 4.78 is 8.07. The van der Waals surface area contributed by atoms with E-state index in [9.17, 15) is 4.79 Å². The molecule has 4 rings (SSSR count). The molecule has 182 valence electrons. The van der Waals surface area contributed by atoms with Crippen LogP contribution in [0.3, 0.4) is 0 Å². The van der Waals surface area contributed by atoms with Gasteiger partial charge in [-0.1, -0.05) is 48.9 Å². The van der Waals surface area contributed by atoms with Gasteiger partial charge in [-0.15, -0.1) is 0 Å². The third kappa shape index (κ3) is 4.21. The van der Waals surface area contributed by atoms with E-state index >= 15 is 0 Å². The van der Waals surface area contributed by atoms with E-state index in [1.165, 1.54) is 26.6 Å². The van der Waals surface area contributed by atoms with Crippen LogP contribution in [0, 0.1) is 26.7 Å². The van der Waals surface area contributed by atoms with Crippen molar-refractivity contribution >= 4 is 28.9 Å². The fourth-order valence-electron chi connectivity index (χ4n) is 5.27. The number of hydrogen-bond donors (Lipinski definition) is 2. The number of esters is 1. The van der Waals surface area contributed by atoms with Crippen LogP contribution in [0.4, 0.5) is 0 Å². The molecule has 34 heavy (non-hydrogen) atoms. The van der Waals surface area contributed by atoms with Crippen LogP contribution < -0.4 is 9.88 Å². The van der Waals surface area contributed by atoms with Gasteiger partial charge in [0, 0.05) is 28.3 Å². The molecule has 3 N–H and O–H groups in total. The van der Waals surface area contributed by atoms with Crippen molar-refractivity contribution in [2.45, 2.75) is 79.0 Å². The zero-order valence-corrected chi connectivity index (χ0v) is 22.9. The predicted molar refractivity (Wildman–Crippen MR) is 137 cm³/mol. The van der Waals surface area contributed by atoms with Gasteiger partial charge in [-0.25, -0.2) is 4.98 Å². The van der Waals surface area contributed by atoms with E-state index in [4.69, 9.17) is 16.3 Å². The molecule has 1 aromatic carbocycles. The second-order valence-electron chi connectivity index (χ2n) is 10.7. The van der Waals surface area contributed by atoms with Gasteiger partial charge in [-0.2, -0.15) is 4.57 Å². The molecule has 2 atom stereocenters. The van der Waals surface area contributed by atoms with Crippen molar-refractivity contribution in [2.24, 2.45) is 5.92 Å². The van der Waals surface area contributed by atoms with Gasteiger partial charge in [0.05, 0.1) is 5.56 Å². The lowest BCUT2D eigenvalue weighted by Crippen LogP contribution is -2.97. The minimum absolute atomic E-state index is 0.152. The van der Waals surface area contributed by atoms with Crippen LogP contribution in [-0.2, 0) is 15.1 Å². The molecular weight excluding hydrogens is 466 g/mol. The van der Waals surface area contributed by atoms with Gasteiger partial charge in [-0.05, 0) is 52.3 Å². The number of rotatable bonds is 4. The summed E-state index contributed by atoms with van der Waals surface area (Å²) in [7, 11) is 0. The first-order chi connectivity index (χ1) is 15.8. The van der Waals surface area contributed by atoms with Crippen LogP contribution in [0.2, 0.25) is 5.02 Å². The van der Waals surface area contributed by atoms with Crippen LogP contribution in [0.25, 0.3) is 5.00 Å². The highest BCUT2D eigenvalue weighted by Crippen LogP contribution is 2.44. The third-order valence-corrected chi connectivity index (χ3v) is 8.30. The summed E-state index contributed by atoms with van der Waals surface area (Å²) in [4.78, 5) is 17.9. The number of halogens is 1. The Bertz CT molecular complexity index is 1220. The Morgan fingerprint density at radius 3 is 2.47 bits per heavy atom. The molecule has 1 aliphatic heterocycles. The summed E-state index contributed by atoms with van der Waals surface area (Å²) in [5.74, 6) is 1.06. The number of ether oxygens (including phenoxy) is 1. The van der Waals surface area contributed by atoms with Gasteiger partial charge in [0.15, 0.2) is 16.6 Å². The Morgan fingerprint density at radius 1 is 1.24 bits per heavy atom. The highest BCUT2D eigenvalue weighted by Gasteiger charge is 2.53. The molecule has 0 amide bonds. The summed E-state index contributed by atoms with van der Waals surface area (Å²) in [6, 6.07) is 8.05. The first-order valence-corrected chi connectivity index (χ1v) is 13.1. The average Bonchev–Trinajstić information content (AvgIpc) is 3.20. The summed E-state index contributed by atoms with van der Waals surface area (Å²) in [5.41, 5.74) is 3.99. The van der Waals surface area contributed by atoms with Crippen LogP contribution in [0.15, 0.2) is 30.5 Å². The summed E-state index contributed by atoms with van der Waals surface area (Å²) in [6.07, 6.45) is 2.30. The number of hydrogen-bond acceptors (Lipinski definition) is 3. The predicted octanol–water partition coefficient (Wildman–Crippen LogP) is 5.18. The van der Waals surface area contributed by atoms with Gasteiger partial charge < -0.3 is 10.1 Å². The second kappa shape index (κ2) is 8.81. The van der Waals surface area contributed by atoms with Gasteiger partial charge in [-0.3, -0.25) is 4.79 Å². The van der Waals surface area contributed by atoms with E-state index in [-0.39, 0.29) is 24.3 Å². The number of aryl methyl sites for hydroxylation is 2. The number of nitrogens with one attached hydrogen (secondary N) is 1. The third-order valence-electron chi connectivity index (χ3n) is 6.86. The number of imidazole rings is 1. The van der Waals surface area contributed by atoms with Crippen molar-refractivity contribution in [2.75, 3.05) is 0 Å². The number of nitrogens with zero attached hydrogens (tertiary/aromatic N) is 1. The van der Waals surface area contributed by atoms with E-state index in [0.29, 0.717) is 0 Å². The molecule has 2 unspecified atom stereocenters. The molecule has 0 saturated carbocycles. The fraction of sp³-hybridized carbons (Fsp3) is 0.481. The van der Waals surface area contributed by atoms with Crippen molar-refractivity contribution in [3.05, 3.63) is 68.6 Å². The Balaban J connectivity index is 1.99. The quantitative estimate of drug-likeness (QED) is 0.382. The lowest BCUT2D eigenvalue weighted by Gasteiger charge is -2.37. The normalized spacial score (nSPS) is 20.1. The van der Waals surface area contributed by atoms with Gasteiger partial charge in [0.25, 0.3) is 0 Å². The number of H-pyrrole nitrogens is 1. The standard InChI is InChI=1S/C27H34ClN3O2S/c1-15(2)27(19-9-11-20(28)12-10-19)23-17(4)18(5)34-25(23)31-16(3)14-29-24(31)21(30-27)13-22(32)33-26(6,7)8/h9-12,14-15,21,30H,13H2,1-8H3/p+2. The Morgan fingerprint density at radius 2 is 1.88 bits per heavy atom. The van der Waals surface area contributed by atoms with Crippen molar-refractivity contribution in [1.82, 2.24) is 4.98 Å². The van der Waals surface area contributed by atoms with E-state index in [2.05, 4.69) is 61.6 Å². The van der Waals surface area contributed by atoms with Crippen LogP contribution in [0.1, 0.15) is 80.2 Å². The van der Waals surface area contributed by atoms with Crippen molar-refractivity contribution in [3.8, 4) is 5.00 Å². The lowest BCUT2D eigenvalue weighted by molar-refractivity contribution is -0.778. The zero-order valence-electron chi connectivity index (χ0n) is 21.4. The largest absolute Gasteiger partial charge is 0.460 e. The van der Waals surface area contributed by atoms with Crippen molar-refractivity contribution < 1.29 is 19.4 Å². The summed E-state index contributed by atoms with van der Waals surface area (Å²) >= 11 is 8.12. The SMILES string of the molecule is Cc1sc2c(c1C)C(c1ccc(Cl)cc1)(C(C)C)[NH2+]C(CC(=O)OC(C)(C)C)c1[nH]cc(C)[n+]1-2. The Kier molecular flexibility index (Phi) is 6.47. The minimum Gasteiger partial charge on any atom is -0.460 e. The molecule has 0 spiro atoms.